The van der Waals surface area contributed by atoms with Crippen molar-refractivity contribution in [3.63, 3.8) is 0 Å². The van der Waals surface area contributed by atoms with Gasteiger partial charge in [0.2, 0.25) is 5.88 Å². The van der Waals surface area contributed by atoms with Crippen LogP contribution in [-0.2, 0) is 6.54 Å². The molecule has 0 atom stereocenters. The van der Waals surface area contributed by atoms with E-state index < -0.39 is 0 Å². The normalized spacial score (nSPS) is 10.7. The molecule has 3 rings (SSSR count). The molecule has 0 aliphatic heterocycles. The van der Waals surface area contributed by atoms with Crippen LogP contribution < -0.4 is 5.69 Å². The van der Waals surface area contributed by atoms with Crippen LogP contribution in [0.2, 0.25) is 0 Å². The van der Waals surface area contributed by atoms with Gasteiger partial charge in [0, 0.05) is 3.57 Å². The Labute approximate surface area is 135 Å². The smallest absolute Gasteiger partial charge is 0.336 e. The molecule has 21 heavy (non-hydrogen) atoms. The van der Waals surface area contributed by atoms with Gasteiger partial charge in [-0.05, 0) is 46.4 Å². The third kappa shape index (κ3) is 2.87. The third-order valence-electron chi connectivity index (χ3n) is 3.20. The molecule has 1 N–H and O–H groups in total. The van der Waals surface area contributed by atoms with E-state index >= 15 is 0 Å². The molecule has 0 saturated carbocycles. The summed E-state index contributed by atoms with van der Waals surface area (Å²) < 4.78 is 3.82. The summed E-state index contributed by atoms with van der Waals surface area (Å²) in [5.74, 6) is -0.0575. The van der Waals surface area contributed by atoms with E-state index in [2.05, 4.69) is 22.6 Å². The highest BCUT2D eigenvalue weighted by atomic mass is 127. The molecule has 0 amide bonds. The van der Waals surface area contributed by atoms with Crippen molar-refractivity contribution in [1.29, 1.82) is 0 Å². The van der Waals surface area contributed by atoms with Crippen molar-refractivity contribution in [2.24, 2.45) is 0 Å². The molecular weight excluding hydrogens is 379 g/mol. The molecule has 3 aromatic rings. The molecule has 5 heteroatoms. The second-order valence-electron chi connectivity index (χ2n) is 4.70. The van der Waals surface area contributed by atoms with Crippen LogP contribution in [0.5, 0.6) is 5.88 Å². The molecule has 106 valence electrons. The van der Waals surface area contributed by atoms with Crippen LogP contribution in [0.1, 0.15) is 5.56 Å². The maximum Gasteiger partial charge on any atom is 0.336 e. The molecule has 0 radical (unpaired) electrons. The third-order valence-corrected chi connectivity index (χ3v) is 3.87. The Morgan fingerprint density at radius 3 is 2.52 bits per heavy atom. The van der Waals surface area contributed by atoms with Gasteiger partial charge in [0.25, 0.3) is 0 Å². The van der Waals surface area contributed by atoms with E-state index in [-0.39, 0.29) is 11.6 Å². The highest BCUT2D eigenvalue weighted by molar-refractivity contribution is 14.1. The highest BCUT2D eigenvalue weighted by Crippen LogP contribution is 2.17. The van der Waals surface area contributed by atoms with E-state index in [4.69, 9.17) is 0 Å². The van der Waals surface area contributed by atoms with Crippen LogP contribution in [0.25, 0.3) is 5.69 Å². The SMILES string of the molecule is O=c1n(Cc2ccccc2)cc(O)n1-c1cccc(I)c1. The zero-order valence-corrected chi connectivity index (χ0v) is 13.3. The van der Waals surface area contributed by atoms with E-state index in [0.717, 1.165) is 9.13 Å². The van der Waals surface area contributed by atoms with Gasteiger partial charge in [0.15, 0.2) is 0 Å². The maximum absolute atomic E-state index is 12.5. The van der Waals surface area contributed by atoms with Crippen LogP contribution in [0.15, 0.2) is 65.6 Å². The average Bonchev–Trinajstić information content (AvgIpc) is 2.74. The number of imidazole rings is 1. The summed E-state index contributed by atoms with van der Waals surface area (Å²) in [4.78, 5) is 12.5. The molecule has 0 fully saturated rings. The van der Waals surface area contributed by atoms with E-state index in [1.54, 1.807) is 6.07 Å². The number of aromatic hydroxyl groups is 1. The fraction of sp³-hybridized carbons (Fsp3) is 0.0625. The second-order valence-corrected chi connectivity index (χ2v) is 5.94. The van der Waals surface area contributed by atoms with Crippen molar-refractivity contribution in [1.82, 2.24) is 9.13 Å². The van der Waals surface area contributed by atoms with E-state index in [1.807, 2.05) is 48.5 Å². The Hall–Kier alpha value is -2.02. The van der Waals surface area contributed by atoms with Crippen LogP contribution >= 0.6 is 22.6 Å². The van der Waals surface area contributed by atoms with Crippen molar-refractivity contribution in [3.8, 4) is 11.6 Å². The topological polar surface area (TPSA) is 47.2 Å². The first-order valence-electron chi connectivity index (χ1n) is 6.46. The number of halogens is 1. The Balaban J connectivity index is 2.03. The van der Waals surface area contributed by atoms with Gasteiger partial charge in [-0.25, -0.2) is 9.36 Å². The molecule has 0 aliphatic carbocycles. The standard InChI is InChI=1S/C16H13IN2O2/c17-13-7-4-8-14(9-13)19-15(20)11-18(16(19)21)10-12-5-2-1-3-6-12/h1-9,11,20H,10H2. The first kappa shape index (κ1) is 13.9. The molecule has 0 spiro atoms. The van der Waals surface area contributed by atoms with Crippen molar-refractivity contribution < 1.29 is 5.11 Å². The van der Waals surface area contributed by atoms with Crippen LogP contribution in [0.4, 0.5) is 0 Å². The summed E-state index contributed by atoms with van der Waals surface area (Å²) in [5, 5.41) is 10.1. The lowest BCUT2D eigenvalue weighted by Crippen LogP contribution is -2.23. The maximum atomic E-state index is 12.5. The lowest BCUT2D eigenvalue weighted by molar-refractivity contribution is 0.441. The van der Waals surface area contributed by atoms with Gasteiger partial charge in [-0.15, -0.1) is 0 Å². The van der Waals surface area contributed by atoms with Crippen LogP contribution in [0.3, 0.4) is 0 Å². The second kappa shape index (κ2) is 5.77. The number of rotatable bonds is 3. The van der Waals surface area contributed by atoms with E-state index in [0.29, 0.717) is 12.2 Å². The molecule has 4 nitrogen and oxygen atoms in total. The lowest BCUT2D eigenvalue weighted by atomic mass is 10.2. The monoisotopic (exact) mass is 392 g/mol. The Morgan fingerprint density at radius 1 is 1.05 bits per heavy atom. The number of aromatic nitrogens is 2. The number of hydrogen-bond acceptors (Lipinski definition) is 2. The number of nitrogens with zero attached hydrogens (tertiary/aromatic N) is 2. The van der Waals surface area contributed by atoms with Crippen molar-refractivity contribution in [2.75, 3.05) is 0 Å². The molecular formula is C16H13IN2O2. The Morgan fingerprint density at radius 2 is 1.81 bits per heavy atom. The zero-order chi connectivity index (χ0) is 14.8. The molecule has 1 aromatic heterocycles. The summed E-state index contributed by atoms with van der Waals surface area (Å²) in [5.41, 5.74) is 1.42. The van der Waals surface area contributed by atoms with Gasteiger partial charge in [-0.3, -0.25) is 4.57 Å². The minimum Gasteiger partial charge on any atom is -0.493 e. The van der Waals surface area contributed by atoms with Crippen molar-refractivity contribution >= 4 is 22.6 Å². The van der Waals surface area contributed by atoms with E-state index in [9.17, 15) is 9.90 Å². The van der Waals surface area contributed by atoms with Gasteiger partial charge >= 0.3 is 5.69 Å². The quantitative estimate of drug-likeness (QED) is 0.697. The van der Waals surface area contributed by atoms with Gasteiger partial charge in [0.1, 0.15) is 0 Å². The molecule has 2 aromatic carbocycles. The van der Waals surface area contributed by atoms with Crippen LogP contribution in [0, 0.1) is 3.57 Å². The summed E-state index contributed by atoms with van der Waals surface area (Å²) in [6, 6.07) is 17.1. The van der Waals surface area contributed by atoms with Gasteiger partial charge in [0.05, 0.1) is 18.4 Å². The predicted molar refractivity (Wildman–Crippen MR) is 90.0 cm³/mol. The van der Waals surface area contributed by atoms with Crippen LogP contribution in [-0.4, -0.2) is 14.2 Å². The first-order valence-corrected chi connectivity index (χ1v) is 7.54. The number of hydrogen-bond donors (Lipinski definition) is 1. The van der Waals surface area contributed by atoms with Gasteiger partial charge in [-0.1, -0.05) is 36.4 Å². The Bertz CT molecular complexity index is 822. The minimum absolute atomic E-state index is 0.0575. The lowest BCUT2D eigenvalue weighted by Gasteiger charge is -2.03. The fourth-order valence-corrected chi connectivity index (χ4v) is 2.76. The number of benzene rings is 2. The molecule has 0 bridgehead atoms. The first-order chi connectivity index (χ1) is 10.1. The largest absolute Gasteiger partial charge is 0.493 e. The molecule has 0 aliphatic rings. The predicted octanol–water partition coefficient (Wildman–Crippen LogP) is 3.00. The fourth-order valence-electron chi connectivity index (χ4n) is 2.23. The van der Waals surface area contributed by atoms with E-state index in [1.165, 1.54) is 15.3 Å². The molecule has 0 unspecified atom stereocenters. The summed E-state index contributed by atoms with van der Waals surface area (Å²) in [6.45, 7) is 0.435. The molecule has 1 heterocycles. The summed E-state index contributed by atoms with van der Waals surface area (Å²) >= 11 is 2.18. The highest BCUT2D eigenvalue weighted by Gasteiger charge is 2.12. The summed E-state index contributed by atoms with van der Waals surface area (Å²) in [6.07, 6.45) is 1.47. The zero-order valence-electron chi connectivity index (χ0n) is 11.1. The Kier molecular flexibility index (Phi) is 3.83. The minimum atomic E-state index is -0.252. The summed E-state index contributed by atoms with van der Waals surface area (Å²) in [7, 11) is 0. The van der Waals surface area contributed by atoms with Crippen molar-refractivity contribution in [2.45, 2.75) is 6.54 Å². The van der Waals surface area contributed by atoms with Gasteiger partial charge < -0.3 is 5.11 Å². The average molecular weight is 392 g/mol. The van der Waals surface area contributed by atoms with Crippen molar-refractivity contribution in [3.05, 3.63) is 80.4 Å². The van der Waals surface area contributed by atoms with Gasteiger partial charge in [-0.2, -0.15) is 0 Å². The molecule has 0 saturated heterocycles.